The molecule has 0 bridgehead atoms. The van der Waals surface area contributed by atoms with E-state index in [-0.39, 0.29) is 12.2 Å². The highest BCUT2D eigenvalue weighted by molar-refractivity contribution is 5.93. The summed E-state index contributed by atoms with van der Waals surface area (Å²) in [5.41, 5.74) is 4.21. The van der Waals surface area contributed by atoms with Crippen LogP contribution in [0.2, 0.25) is 0 Å². The zero-order chi connectivity index (χ0) is 62.2. The normalized spacial score (nSPS) is 11.4. The fourth-order valence-corrected chi connectivity index (χ4v) is 8.41. The van der Waals surface area contributed by atoms with Gasteiger partial charge in [0.05, 0.1) is 179 Å². The minimum Gasteiger partial charge on any atom is -0.462 e. The Kier molecular flexibility index (Phi) is 39.5. The molecule has 88 heavy (non-hydrogen) atoms. The summed E-state index contributed by atoms with van der Waals surface area (Å²) in [6, 6.07) is 19.2. The van der Waals surface area contributed by atoms with Crippen molar-refractivity contribution < 1.29 is 85.4 Å². The standard InChI is InChI=1S/C64H94N6O18/c1-74-28-31-80-40-43-83-37-34-77-22-10-4-7-13-25-86-62(71)53-18-16-20-58(49-53)69-51-60(65-67-69)55-46-56(48-57(47-55)64(73)88-27-15-9-6-12-24-79-36-39-85-45-42-82-33-30-76-3)61-52-70(68-66-61)59-21-17-19-54(50-59)63(72)87-26-14-8-5-11-23-78-35-38-84-44-41-81-32-29-75-2/h16-21,46-52H,4-15,22-45H2,1-3H3. The van der Waals surface area contributed by atoms with E-state index in [4.69, 9.17) is 71.1 Å². The summed E-state index contributed by atoms with van der Waals surface area (Å²) in [4.78, 5) is 40.1. The van der Waals surface area contributed by atoms with Crippen molar-refractivity contribution in [3.8, 4) is 33.9 Å². The average Bonchev–Trinajstić information content (AvgIpc) is 4.38. The third-order valence-electron chi connectivity index (χ3n) is 13.2. The van der Waals surface area contributed by atoms with Crippen LogP contribution in [0.5, 0.6) is 0 Å². The quantitative estimate of drug-likeness (QED) is 0.0201. The second-order valence-electron chi connectivity index (χ2n) is 20.1. The molecule has 0 saturated carbocycles. The van der Waals surface area contributed by atoms with E-state index >= 15 is 0 Å². The first-order chi connectivity index (χ1) is 43.4. The van der Waals surface area contributed by atoms with Gasteiger partial charge in [-0.05, 0) is 112 Å². The Balaban J connectivity index is 1.12. The number of ether oxygens (including phenoxy) is 15. The summed E-state index contributed by atoms with van der Waals surface area (Å²) >= 11 is 0. The largest absolute Gasteiger partial charge is 0.462 e. The maximum Gasteiger partial charge on any atom is 0.338 e. The predicted octanol–water partition coefficient (Wildman–Crippen LogP) is 8.42. The summed E-state index contributed by atoms with van der Waals surface area (Å²) < 4.78 is 84.8. The molecule has 0 atom stereocenters. The van der Waals surface area contributed by atoms with Crippen LogP contribution in [0.15, 0.2) is 79.1 Å². The van der Waals surface area contributed by atoms with Gasteiger partial charge in [0.25, 0.3) is 0 Å². The van der Waals surface area contributed by atoms with Crippen molar-refractivity contribution in [2.24, 2.45) is 0 Å². The first kappa shape index (κ1) is 72.6. The smallest absolute Gasteiger partial charge is 0.338 e. The minimum absolute atomic E-state index is 0.226. The molecule has 0 aliphatic heterocycles. The molecule has 2 heterocycles. The molecule has 0 aliphatic rings. The molecule has 0 saturated heterocycles. The molecule has 24 nitrogen and oxygen atoms in total. The second kappa shape index (κ2) is 47.8. The highest BCUT2D eigenvalue weighted by atomic mass is 16.6. The van der Waals surface area contributed by atoms with Crippen molar-refractivity contribution in [2.75, 3.05) is 180 Å². The number of rotatable bonds is 55. The number of benzene rings is 3. The van der Waals surface area contributed by atoms with Crippen molar-refractivity contribution in [3.63, 3.8) is 0 Å². The predicted molar refractivity (Wildman–Crippen MR) is 326 cm³/mol. The molecule has 5 aromatic rings. The van der Waals surface area contributed by atoms with Gasteiger partial charge >= 0.3 is 17.9 Å². The van der Waals surface area contributed by atoms with Crippen LogP contribution in [0.4, 0.5) is 0 Å². The number of hydrogen-bond donors (Lipinski definition) is 0. The van der Waals surface area contributed by atoms with E-state index in [1.807, 2.05) is 18.2 Å². The third kappa shape index (κ3) is 31.4. The van der Waals surface area contributed by atoms with Crippen LogP contribution in [-0.4, -0.2) is 228 Å². The maximum absolute atomic E-state index is 13.8. The fourth-order valence-electron chi connectivity index (χ4n) is 8.41. The summed E-state index contributed by atoms with van der Waals surface area (Å²) in [6.45, 7) is 12.2. The molecule has 0 unspecified atom stereocenters. The van der Waals surface area contributed by atoms with Crippen LogP contribution in [-0.2, 0) is 71.1 Å². The zero-order valence-electron chi connectivity index (χ0n) is 52.0. The van der Waals surface area contributed by atoms with Crippen molar-refractivity contribution in [1.29, 1.82) is 0 Å². The van der Waals surface area contributed by atoms with E-state index in [1.54, 1.807) is 91.6 Å². The van der Waals surface area contributed by atoms with Gasteiger partial charge in [0.2, 0.25) is 0 Å². The lowest BCUT2D eigenvalue weighted by molar-refractivity contribution is 0.00320. The van der Waals surface area contributed by atoms with Gasteiger partial charge in [-0.3, -0.25) is 0 Å². The molecule has 488 valence electrons. The van der Waals surface area contributed by atoms with Crippen LogP contribution in [0.25, 0.3) is 33.9 Å². The van der Waals surface area contributed by atoms with Crippen LogP contribution in [0.3, 0.4) is 0 Å². The SMILES string of the molecule is COCCOCCOCCOCCCCCCOC(=O)c1cc(-c2cn(-c3cccc(C(=O)OCCCCCCOCCOCCOCCOC)c3)nn2)cc(-c2cn(-c3cccc(C(=O)OCCCCCCOCCOCCOCCOC)c3)nn2)c1. The summed E-state index contributed by atoms with van der Waals surface area (Å²) in [7, 11) is 4.91. The molecule has 24 heteroatoms. The maximum atomic E-state index is 13.8. The Labute approximate surface area is 518 Å². The zero-order valence-corrected chi connectivity index (χ0v) is 52.0. The molecular formula is C64H94N6O18. The lowest BCUT2D eigenvalue weighted by atomic mass is 10.0. The van der Waals surface area contributed by atoms with Crippen molar-refractivity contribution in [2.45, 2.75) is 77.0 Å². The van der Waals surface area contributed by atoms with Gasteiger partial charge in [-0.15, -0.1) is 10.2 Å². The number of aromatic nitrogens is 6. The molecule has 3 aromatic carbocycles. The van der Waals surface area contributed by atoms with Crippen molar-refractivity contribution >= 4 is 17.9 Å². The molecule has 0 aliphatic carbocycles. The first-order valence-electron chi connectivity index (χ1n) is 30.8. The molecule has 0 N–H and O–H groups in total. The topological polar surface area (TPSA) is 251 Å². The molecule has 0 amide bonds. The molecule has 0 radical (unpaired) electrons. The van der Waals surface area contributed by atoms with Crippen LogP contribution < -0.4 is 0 Å². The lowest BCUT2D eigenvalue weighted by Gasteiger charge is -2.09. The number of methoxy groups -OCH3 is 3. The number of nitrogens with zero attached hydrogens (tertiary/aromatic N) is 6. The van der Waals surface area contributed by atoms with Gasteiger partial charge in [-0.2, -0.15) is 0 Å². The van der Waals surface area contributed by atoms with Gasteiger partial charge < -0.3 is 71.1 Å². The highest BCUT2D eigenvalue weighted by Gasteiger charge is 2.18. The average molecular weight is 1240 g/mol. The summed E-state index contributed by atoms with van der Waals surface area (Å²) in [5, 5.41) is 17.8. The van der Waals surface area contributed by atoms with E-state index in [0.29, 0.717) is 203 Å². The summed E-state index contributed by atoms with van der Waals surface area (Å²) in [6.07, 6.45) is 13.7. The number of carbonyl (C=O) groups is 3. The Morgan fingerprint density at radius 2 is 0.602 bits per heavy atom. The summed E-state index contributed by atoms with van der Waals surface area (Å²) in [5.74, 6) is -1.40. The van der Waals surface area contributed by atoms with Gasteiger partial charge in [0.1, 0.15) is 11.4 Å². The van der Waals surface area contributed by atoms with E-state index in [1.165, 1.54) is 0 Å². The lowest BCUT2D eigenvalue weighted by Crippen LogP contribution is -2.11. The van der Waals surface area contributed by atoms with E-state index in [0.717, 1.165) is 70.6 Å². The Morgan fingerprint density at radius 3 is 0.920 bits per heavy atom. The van der Waals surface area contributed by atoms with Gasteiger partial charge in [-0.1, -0.05) is 41.8 Å². The van der Waals surface area contributed by atoms with E-state index in [9.17, 15) is 14.4 Å². The Bertz CT molecular complexity index is 2470. The van der Waals surface area contributed by atoms with Crippen molar-refractivity contribution in [3.05, 3.63) is 95.8 Å². The molecule has 0 spiro atoms. The molecular weight excluding hydrogens is 1140 g/mol. The number of esters is 3. The Hall–Kier alpha value is -6.13. The fraction of sp³-hybridized carbons (Fsp3) is 0.609. The van der Waals surface area contributed by atoms with Crippen LogP contribution >= 0.6 is 0 Å². The highest BCUT2D eigenvalue weighted by Crippen LogP contribution is 2.28. The molecule has 2 aromatic heterocycles. The molecule has 0 fully saturated rings. The number of unbranched alkanes of at least 4 members (excludes halogenated alkanes) is 9. The van der Waals surface area contributed by atoms with Crippen molar-refractivity contribution in [1.82, 2.24) is 30.0 Å². The number of carbonyl (C=O) groups excluding carboxylic acids is 3. The van der Waals surface area contributed by atoms with Crippen LogP contribution in [0, 0.1) is 0 Å². The van der Waals surface area contributed by atoms with E-state index in [2.05, 4.69) is 20.6 Å². The Morgan fingerprint density at radius 1 is 0.318 bits per heavy atom. The van der Waals surface area contributed by atoms with Gasteiger partial charge in [0, 0.05) is 52.3 Å². The second-order valence-corrected chi connectivity index (χ2v) is 20.1. The number of hydrogen-bond acceptors (Lipinski definition) is 22. The van der Waals surface area contributed by atoms with Crippen LogP contribution in [0.1, 0.15) is 108 Å². The third-order valence-corrected chi connectivity index (χ3v) is 13.2. The van der Waals surface area contributed by atoms with E-state index < -0.39 is 17.9 Å². The van der Waals surface area contributed by atoms with Gasteiger partial charge in [0.15, 0.2) is 0 Å². The minimum atomic E-state index is -0.516. The van der Waals surface area contributed by atoms with Gasteiger partial charge in [-0.25, -0.2) is 23.7 Å². The molecule has 5 rings (SSSR count). The monoisotopic (exact) mass is 1230 g/mol. The first-order valence-corrected chi connectivity index (χ1v) is 30.8.